The molecule has 258 valence electrons. The molecule has 5 rings (SSSR count). The molecular formula is C35H34F3N3O8. The summed E-state index contributed by atoms with van der Waals surface area (Å²) < 4.78 is 55.5. The zero-order valence-corrected chi connectivity index (χ0v) is 26.4. The molecule has 1 aliphatic rings. The summed E-state index contributed by atoms with van der Waals surface area (Å²) in [5.74, 6) is -0.987. The van der Waals surface area contributed by atoms with Crippen molar-refractivity contribution in [3.8, 4) is 11.5 Å². The molecule has 0 spiro atoms. The summed E-state index contributed by atoms with van der Waals surface area (Å²) >= 11 is 0. The van der Waals surface area contributed by atoms with E-state index in [1.165, 1.54) is 14.2 Å². The van der Waals surface area contributed by atoms with Gasteiger partial charge in [0.05, 0.1) is 31.3 Å². The molecule has 1 unspecified atom stereocenters. The van der Waals surface area contributed by atoms with Crippen LogP contribution in [-0.4, -0.2) is 70.9 Å². The van der Waals surface area contributed by atoms with E-state index >= 15 is 0 Å². The minimum atomic E-state index is -5.07. The Morgan fingerprint density at radius 1 is 0.980 bits per heavy atom. The average Bonchev–Trinajstić information content (AvgIpc) is 3.49. The van der Waals surface area contributed by atoms with E-state index < -0.39 is 59.8 Å². The topological polar surface area (TPSA) is 152 Å². The number of H-pyrrole nitrogens is 1. The first-order valence-electron chi connectivity index (χ1n) is 15.1. The second-order valence-electron chi connectivity index (χ2n) is 11.3. The molecule has 1 aromatic heterocycles. The smallest absolute Gasteiger partial charge is 0.471 e. The highest BCUT2D eigenvalue weighted by molar-refractivity contribution is 5.81. The van der Waals surface area contributed by atoms with Crippen molar-refractivity contribution in [3.05, 3.63) is 134 Å². The van der Waals surface area contributed by atoms with Crippen LogP contribution in [-0.2, 0) is 14.9 Å². The molecule has 3 aromatic carbocycles. The minimum absolute atomic E-state index is 0.127. The van der Waals surface area contributed by atoms with Crippen molar-refractivity contribution < 1.29 is 42.4 Å². The number of aliphatic hydroxyl groups excluding tert-OH is 2. The number of ether oxygens (including phenoxy) is 3. The first-order valence-corrected chi connectivity index (χ1v) is 15.1. The number of aromatic amines is 1. The van der Waals surface area contributed by atoms with Crippen LogP contribution in [0.4, 0.5) is 13.2 Å². The van der Waals surface area contributed by atoms with Crippen molar-refractivity contribution in [3.63, 3.8) is 0 Å². The fourth-order valence-electron chi connectivity index (χ4n) is 6.07. The average molecular weight is 682 g/mol. The number of halogens is 3. The number of benzene rings is 3. The van der Waals surface area contributed by atoms with E-state index in [0.29, 0.717) is 28.2 Å². The Bertz CT molecular complexity index is 1840. The number of hydrogen-bond donors (Lipinski definition) is 4. The molecular weight excluding hydrogens is 647 g/mol. The summed E-state index contributed by atoms with van der Waals surface area (Å²) in [6.45, 7) is -0.540. The molecule has 2 heterocycles. The molecule has 4 N–H and O–H groups in total. The van der Waals surface area contributed by atoms with Crippen molar-refractivity contribution in [1.29, 1.82) is 0 Å². The summed E-state index contributed by atoms with van der Waals surface area (Å²) in [7, 11) is 3.07. The van der Waals surface area contributed by atoms with Gasteiger partial charge in [-0.3, -0.25) is 19.1 Å². The minimum Gasteiger partial charge on any atom is -0.497 e. The van der Waals surface area contributed by atoms with Crippen LogP contribution in [0.2, 0.25) is 0 Å². The van der Waals surface area contributed by atoms with Gasteiger partial charge in [-0.1, -0.05) is 66.7 Å². The third kappa shape index (κ3) is 7.16. The van der Waals surface area contributed by atoms with E-state index in [1.807, 2.05) is 30.3 Å². The van der Waals surface area contributed by atoms with Gasteiger partial charge in [0.15, 0.2) is 0 Å². The third-order valence-electron chi connectivity index (χ3n) is 8.45. The highest BCUT2D eigenvalue weighted by Gasteiger charge is 2.52. The van der Waals surface area contributed by atoms with Crippen LogP contribution >= 0.6 is 0 Å². The Labute approximate surface area is 278 Å². The van der Waals surface area contributed by atoms with Crippen LogP contribution in [0.5, 0.6) is 11.5 Å². The summed E-state index contributed by atoms with van der Waals surface area (Å²) in [6.07, 6.45) is -7.04. The lowest BCUT2D eigenvalue weighted by Gasteiger charge is -2.43. The van der Waals surface area contributed by atoms with Gasteiger partial charge in [0, 0.05) is 19.2 Å². The molecule has 1 amide bonds. The lowest BCUT2D eigenvalue weighted by molar-refractivity contribution is -0.173. The zero-order valence-electron chi connectivity index (χ0n) is 26.4. The number of nitrogens with one attached hydrogen (secondary N) is 2. The van der Waals surface area contributed by atoms with Gasteiger partial charge in [0.25, 0.3) is 5.56 Å². The number of aromatic nitrogens is 2. The molecule has 4 atom stereocenters. The number of hydrogen-bond acceptors (Lipinski definition) is 8. The van der Waals surface area contributed by atoms with Gasteiger partial charge in [-0.2, -0.15) is 13.2 Å². The number of methoxy groups -OCH3 is 2. The first kappa shape index (κ1) is 35.1. The van der Waals surface area contributed by atoms with Crippen LogP contribution in [0.3, 0.4) is 0 Å². The number of carbonyl (C=O) groups excluding carboxylic acids is 1. The quantitative estimate of drug-likeness (QED) is 0.176. The molecule has 0 radical (unpaired) electrons. The Balaban J connectivity index is 1.54. The fourth-order valence-corrected chi connectivity index (χ4v) is 6.07. The normalized spacial score (nSPS) is 18.7. The largest absolute Gasteiger partial charge is 0.497 e. The van der Waals surface area contributed by atoms with Crippen molar-refractivity contribution in [1.82, 2.24) is 14.9 Å². The predicted molar refractivity (Wildman–Crippen MR) is 172 cm³/mol. The monoisotopic (exact) mass is 681 g/mol. The number of carbonyl (C=O) groups is 1. The predicted octanol–water partition coefficient (Wildman–Crippen LogP) is 3.29. The maximum atomic E-state index is 12.9. The SMILES string of the molecule is COc1ccc(C(c2ccccc2)(c2ccc(OC)cc2)C(O)[C@@H]2O[C@@H](n3cc(/C=C/CNC(=O)C(F)(F)F)c(=O)[nH]c3=O)C[C@@H]2O)cc1. The lowest BCUT2D eigenvalue weighted by atomic mass is 9.64. The van der Waals surface area contributed by atoms with Gasteiger partial charge in [-0.25, -0.2) is 4.79 Å². The molecule has 1 saturated heterocycles. The third-order valence-corrected chi connectivity index (χ3v) is 8.45. The van der Waals surface area contributed by atoms with Gasteiger partial charge in [0.1, 0.15) is 29.9 Å². The van der Waals surface area contributed by atoms with Crippen molar-refractivity contribution in [2.75, 3.05) is 20.8 Å². The van der Waals surface area contributed by atoms with E-state index in [4.69, 9.17) is 14.2 Å². The Hall–Kier alpha value is -5.18. The van der Waals surface area contributed by atoms with Crippen LogP contribution in [0.15, 0.2) is 101 Å². The van der Waals surface area contributed by atoms with Gasteiger partial charge < -0.3 is 29.7 Å². The fraction of sp³-hybridized carbons (Fsp3) is 0.286. The van der Waals surface area contributed by atoms with E-state index in [-0.39, 0.29) is 12.0 Å². The highest BCUT2D eigenvalue weighted by Crippen LogP contribution is 2.47. The number of alkyl halides is 3. The van der Waals surface area contributed by atoms with Gasteiger partial charge in [-0.05, 0) is 41.0 Å². The Morgan fingerprint density at radius 2 is 1.53 bits per heavy atom. The maximum Gasteiger partial charge on any atom is 0.471 e. The van der Waals surface area contributed by atoms with E-state index in [1.54, 1.807) is 53.8 Å². The second-order valence-corrected chi connectivity index (χ2v) is 11.3. The Kier molecular flexibility index (Phi) is 10.4. The maximum absolute atomic E-state index is 12.9. The number of amides is 1. The molecule has 1 fully saturated rings. The number of rotatable bonds is 11. The van der Waals surface area contributed by atoms with Gasteiger partial charge >= 0.3 is 17.8 Å². The molecule has 0 saturated carbocycles. The summed E-state index contributed by atoms with van der Waals surface area (Å²) in [4.78, 5) is 38.6. The first-order chi connectivity index (χ1) is 23.4. The van der Waals surface area contributed by atoms with Crippen LogP contribution in [0, 0.1) is 0 Å². The van der Waals surface area contributed by atoms with Gasteiger partial charge in [0.2, 0.25) is 0 Å². The zero-order chi connectivity index (χ0) is 35.3. The van der Waals surface area contributed by atoms with Gasteiger partial charge in [-0.15, -0.1) is 0 Å². The summed E-state index contributed by atoms with van der Waals surface area (Å²) in [6, 6.07) is 23.4. The molecule has 49 heavy (non-hydrogen) atoms. The second kappa shape index (κ2) is 14.5. The number of nitrogens with zero attached hydrogens (tertiary/aromatic N) is 1. The molecule has 1 aliphatic heterocycles. The highest BCUT2D eigenvalue weighted by atomic mass is 19.4. The van der Waals surface area contributed by atoms with Crippen LogP contribution in [0.25, 0.3) is 6.08 Å². The van der Waals surface area contributed by atoms with E-state index in [2.05, 4.69) is 4.98 Å². The standard InChI is InChI=1S/C35H34F3N3O8/c1-47-25-14-10-23(11-15-25)34(22-8-4-3-5-9-22,24-12-16-26(48-2)17-13-24)30(43)29-27(42)19-28(49-29)41-20-21(31(44)40-33(41)46)7-6-18-39-32(45)35(36,37)38/h3-17,20,27-30,42-43H,18-19H2,1-2H3,(H,39,45)(H,40,44,46)/b7-6+/t27-,28+,29+,30?/m0/s1. The van der Waals surface area contributed by atoms with E-state index in [9.17, 15) is 37.8 Å². The van der Waals surface area contributed by atoms with Crippen molar-refractivity contribution in [2.45, 2.75) is 42.6 Å². The molecule has 0 aliphatic carbocycles. The summed E-state index contributed by atoms with van der Waals surface area (Å²) in [5.41, 5.74) is -1.23. The number of aliphatic hydroxyl groups is 2. The van der Waals surface area contributed by atoms with Crippen LogP contribution in [0.1, 0.15) is 34.9 Å². The van der Waals surface area contributed by atoms with Crippen molar-refractivity contribution in [2.24, 2.45) is 0 Å². The van der Waals surface area contributed by atoms with Crippen molar-refractivity contribution >= 4 is 12.0 Å². The van der Waals surface area contributed by atoms with E-state index in [0.717, 1.165) is 22.9 Å². The molecule has 0 bridgehead atoms. The lowest BCUT2D eigenvalue weighted by Crippen LogP contribution is -2.51. The molecule has 4 aromatic rings. The Morgan fingerprint density at radius 3 is 2.06 bits per heavy atom. The summed E-state index contributed by atoms with van der Waals surface area (Å²) in [5, 5.41) is 25.6. The molecule has 14 heteroatoms. The van der Waals surface area contributed by atoms with Crippen LogP contribution < -0.4 is 26.0 Å². The molecule has 11 nitrogen and oxygen atoms in total.